The molecule has 0 amide bonds. The molecule has 0 aromatic rings. The summed E-state index contributed by atoms with van der Waals surface area (Å²) in [4.78, 5) is 0. The Morgan fingerprint density at radius 1 is 1.33 bits per heavy atom. The van der Waals surface area contributed by atoms with E-state index < -0.39 is 6.10 Å². The summed E-state index contributed by atoms with van der Waals surface area (Å²) in [5.41, 5.74) is 0.0415. The van der Waals surface area contributed by atoms with E-state index >= 15 is 0 Å². The molecule has 1 rings (SSSR count). The topological polar surface area (TPSA) is 43.3 Å². The zero-order chi connectivity index (χ0) is 9.57. The largest absolute Gasteiger partial charge is 0.633 e. The Balaban J connectivity index is 2.71. The standard InChI is InChI=1S/C9H19NO2/c1-9(2,3)7-5-10(4,12)6-8(7)11/h7-8,11H,5-6H2,1-4H3. The lowest BCUT2D eigenvalue weighted by molar-refractivity contribution is -0.850. The van der Waals surface area contributed by atoms with E-state index in [0.29, 0.717) is 13.1 Å². The van der Waals surface area contributed by atoms with Gasteiger partial charge in [0.25, 0.3) is 0 Å². The first-order valence-electron chi connectivity index (χ1n) is 4.46. The van der Waals surface area contributed by atoms with Crippen LogP contribution < -0.4 is 0 Å². The van der Waals surface area contributed by atoms with Gasteiger partial charge in [0.05, 0.1) is 13.6 Å². The zero-order valence-corrected chi connectivity index (χ0v) is 8.37. The quantitative estimate of drug-likeness (QED) is 0.438. The number of nitrogens with zero attached hydrogens (tertiary/aromatic N) is 1. The van der Waals surface area contributed by atoms with E-state index in [1.54, 1.807) is 7.05 Å². The number of hydrogen-bond acceptors (Lipinski definition) is 2. The van der Waals surface area contributed by atoms with Crippen molar-refractivity contribution < 1.29 is 9.75 Å². The molecule has 1 fully saturated rings. The lowest BCUT2D eigenvalue weighted by Crippen LogP contribution is -2.36. The Morgan fingerprint density at radius 3 is 2.00 bits per heavy atom. The fourth-order valence-electron chi connectivity index (χ4n) is 1.99. The van der Waals surface area contributed by atoms with Gasteiger partial charge in [-0.05, 0) is 5.41 Å². The normalized spacial score (nSPS) is 43.5. The fourth-order valence-corrected chi connectivity index (χ4v) is 1.99. The average molecular weight is 173 g/mol. The maximum absolute atomic E-state index is 11.5. The maximum atomic E-state index is 11.5. The van der Waals surface area contributed by atoms with Gasteiger partial charge in [0.15, 0.2) is 0 Å². The van der Waals surface area contributed by atoms with Gasteiger partial charge in [0, 0.05) is 5.92 Å². The summed E-state index contributed by atoms with van der Waals surface area (Å²) < 4.78 is -0.289. The first-order valence-corrected chi connectivity index (χ1v) is 4.46. The molecule has 3 heteroatoms. The Kier molecular flexibility index (Phi) is 2.23. The van der Waals surface area contributed by atoms with Crippen LogP contribution in [0.5, 0.6) is 0 Å². The highest BCUT2D eigenvalue weighted by atomic mass is 16.5. The second-order valence-corrected chi connectivity index (χ2v) is 5.20. The van der Waals surface area contributed by atoms with Crippen molar-refractivity contribution in [2.45, 2.75) is 26.9 Å². The van der Waals surface area contributed by atoms with Crippen LogP contribution in [-0.2, 0) is 0 Å². The average Bonchev–Trinajstić information content (AvgIpc) is 2.03. The van der Waals surface area contributed by atoms with Crippen LogP contribution in [0.4, 0.5) is 0 Å². The summed E-state index contributed by atoms with van der Waals surface area (Å²) in [7, 11) is 1.63. The van der Waals surface area contributed by atoms with Crippen molar-refractivity contribution >= 4 is 0 Å². The second-order valence-electron chi connectivity index (χ2n) is 5.20. The summed E-state index contributed by atoms with van der Waals surface area (Å²) in [6.07, 6.45) is -0.424. The van der Waals surface area contributed by atoms with E-state index in [0.717, 1.165) is 0 Å². The van der Waals surface area contributed by atoms with Gasteiger partial charge in [0.1, 0.15) is 12.6 Å². The monoisotopic (exact) mass is 173 g/mol. The van der Waals surface area contributed by atoms with Crippen molar-refractivity contribution in [1.82, 2.24) is 0 Å². The van der Waals surface area contributed by atoms with Crippen LogP contribution in [0.1, 0.15) is 20.8 Å². The summed E-state index contributed by atoms with van der Waals surface area (Å²) in [6.45, 7) is 7.12. The van der Waals surface area contributed by atoms with Crippen LogP contribution >= 0.6 is 0 Å². The van der Waals surface area contributed by atoms with Crippen LogP contribution in [-0.4, -0.2) is 36.0 Å². The molecule has 3 unspecified atom stereocenters. The number of hydrogen-bond donors (Lipinski definition) is 1. The van der Waals surface area contributed by atoms with Crippen LogP contribution in [0.15, 0.2) is 0 Å². The van der Waals surface area contributed by atoms with Gasteiger partial charge in [-0.1, -0.05) is 20.8 Å². The van der Waals surface area contributed by atoms with Crippen molar-refractivity contribution in [1.29, 1.82) is 0 Å². The summed E-state index contributed by atoms with van der Waals surface area (Å²) in [6, 6.07) is 0. The third kappa shape index (κ3) is 1.97. The minimum absolute atomic E-state index is 0.0415. The minimum Gasteiger partial charge on any atom is -0.633 e. The van der Waals surface area contributed by atoms with Gasteiger partial charge in [0.2, 0.25) is 0 Å². The highest BCUT2D eigenvalue weighted by molar-refractivity contribution is 4.84. The van der Waals surface area contributed by atoms with Gasteiger partial charge in [-0.3, -0.25) is 0 Å². The fraction of sp³-hybridized carbons (Fsp3) is 1.00. The van der Waals surface area contributed by atoms with E-state index in [4.69, 9.17) is 0 Å². The molecule has 0 aromatic heterocycles. The van der Waals surface area contributed by atoms with E-state index in [1.165, 1.54) is 0 Å². The van der Waals surface area contributed by atoms with E-state index in [1.807, 2.05) is 0 Å². The molecule has 0 radical (unpaired) electrons. The minimum atomic E-state index is -0.424. The summed E-state index contributed by atoms with van der Waals surface area (Å²) in [5.74, 6) is 0.139. The molecular weight excluding hydrogens is 154 g/mol. The number of quaternary nitrogens is 1. The van der Waals surface area contributed by atoms with Gasteiger partial charge in [-0.2, -0.15) is 0 Å². The molecule has 1 heterocycles. The molecule has 3 atom stereocenters. The Morgan fingerprint density at radius 2 is 1.83 bits per heavy atom. The molecular formula is C9H19NO2. The van der Waals surface area contributed by atoms with Gasteiger partial charge < -0.3 is 15.0 Å². The van der Waals surface area contributed by atoms with Crippen molar-refractivity contribution in [2.24, 2.45) is 11.3 Å². The van der Waals surface area contributed by atoms with Crippen LogP contribution in [0.2, 0.25) is 0 Å². The van der Waals surface area contributed by atoms with Gasteiger partial charge >= 0.3 is 0 Å². The van der Waals surface area contributed by atoms with Gasteiger partial charge in [-0.25, -0.2) is 0 Å². The SMILES string of the molecule is CC(C)(C)C1C[N+](C)([O-])CC1O. The highest BCUT2D eigenvalue weighted by Gasteiger charge is 2.43. The number of aliphatic hydroxyl groups is 1. The molecule has 1 N–H and O–H groups in total. The summed E-state index contributed by atoms with van der Waals surface area (Å²) in [5, 5.41) is 21.2. The van der Waals surface area contributed by atoms with Crippen molar-refractivity contribution in [3.63, 3.8) is 0 Å². The van der Waals surface area contributed by atoms with Crippen LogP contribution in [0.3, 0.4) is 0 Å². The number of likely N-dealkylation sites (tertiary alicyclic amines) is 1. The zero-order valence-electron chi connectivity index (χ0n) is 8.37. The number of rotatable bonds is 0. The molecule has 0 bridgehead atoms. The highest BCUT2D eigenvalue weighted by Crippen LogP contribution is 2.35. The first kappa shape index (κ1) is 9.96. The molecule has 72 valence electrons. The summed E-state index contributed by atoms with van der Waals surface area (Å²) >= 11 is 0. The van der Waals surface area contributed by atoms with E-state index in [-0.39, 0.29) is 16.0 Å². The molecule has 0 spiro atoms. The molecule has 1 aliphatic heterocycles. The Hall–Kier alpha value is -0.120. The Bertz CT molecular complexity index is 172. The van der Waals surface area contributed by atoms with E-state index in [9.17, 15) is 10.3 Å². The first-order chi connectivity index (χ1) is 5.22. The predicted molar refractivity (Wildman–Crippen MR) is 48.2 cm³/mol. The van der Waals surface area contributed by atoms with Crippen molar-refractivity contribution in [3.05, 3.63) is 5.21 Å². The maximum Gasteiger partial charge on any atom is 0.112 e. The third-order valence-corrected chi connectivity index (χ3v) is 2.73. The lowest BCUT2D eigenvalue weighted by Gasteiger charge is -2.35. The van der Waals surface area contributed by atoms with Crippen LogP contribution in [0.25, 0.3) is 0 Å². The van der Waals surface area contributed by atoms with Gasteiger partial charge in [-0.15, -0.1) is 0 Å². The lowest BCUT2D eigenvalue weighted by atomic mass is 9.79. The molecule has 0 aliphatic carbocycles. The molecule has 12 heavy (non-hydrogen) atoms. The molecule has 1 saturated heterocycles. The number of hydroxylamine groups is 3. The predicted octanol–water partition coefficient (Wildman–Crippen LogP) is 0.968. The third-order valence-electron chi connectivity index (χ3n) is 2.73. The molecule has 1 aliphatic rings. The Labute approximate surface area is 74.2 Å². The van der Waals surface area contributed by atoms with Crippen LogP contribution in [0, 0.1) is 16.5 Å². The molecule has 0 aromatic carbocycles. The number of aliphatic hydroxyl groups excluding tert-OH is 1. The smallest absolute Gasteiger partial charge is 0.112 e. The second kappa shape index (κ2) is 2.69. The molecule has 0 saturated carbocycles. The van der Waals surface area contributed by atoms with Crippen molar-refractivity contribution in [2.75, 3.05) is 20.1 Å². The van der Waals surface area contributed by atoms with E-state index in [2.05, 4.69) is 20.8 Å². The molecule has 3 nitrogen and oxygen atoms in total. The van der Waals surface area contributed by atoms with Crippen molar-refractivity contribution in [3.8, 4) is 0 Å². The number of likely N-dealkylation sites (N-methyl/N-ethyl adjacent to an activating group) is 1.